The van der Waals surface area contributed by atoms with Crippen molar-refractivity contribution >= 4 is 17.6 Å². The van der Waals surface area contributed by atoms with Crippen molar-refractivity contribution in [2.45, 2.75) is 51.2 Å². The maximum absolute atomic E-state index is 11.3. The second-order valence-corrected chi connectivity index (χ2v) is 6.21. The van der Waals surface area contributed by atoms with Gasteiger partial charge in [-0.1, -0.05) is 18.5 Å². The Morgan fingerprint density at radius 3 is 2.80 bits per heavy atom. The highest BCUT2D eigenvalue weighted by Crippen LogP contribution is 2.43. The first kappa shape index (κ1) is 13.9. The summed E-state index contributed by atoms with van der Waals surface area (Å²) in [6.07, 6.45) is 3.68. The lowest BCUT2D eigenvalue weighted by atomic mass is 9.89. The number of fused-ring (bicyclic) bond motifs is 2. The number of aliphatic carboxylic acids is 1. The molecule has 2 bridgehead atoms. The van der Waals surface area contributed by atoms with Gasteiger partial charge in [0.05, 0.1) is 22.3 Å². The number of hydrogen-bond acceptors (Lipinski definition) is 3. The standard InChI is InChI=1S/C14H20ClN3O2/c1-3-10-13(15)12(17(2)16-10)7-18-8-4-5-11(18)9(6-8)14(19)20/h8-9,11H,3-7H2,1-2H3,(H,19,20). The molecule has 1 aromatic heterocycles. The van der Waals surface area contributed by atoms with E-state index in [2.05, 4.69) is 10.00 Å². The zero-order chi connectivity index (χ0) is 14.4. The summed E-state index contributed by atoms with van der Waals surface area (Å²) in [7, 11) is 1.91. The van der Waals surface area contributed by atoms with Gasteiger partial charge in [0.25, 0.3) is 0 Å². The molecule has 0 spiro atoms. The molecule has 6 heteroatoms. The Morgan fingerprint density at radius 2 is 2.25 bits per heavy atom. The molecule has 2 fully saturated rings. The highest BCUT2D eigenvalue weighted by molar-refractivity contribution is 6.31. The van der Waals surface area contributed by atoms with Crippen LogP contribution in [0.1, 0.15) is 37.6 Å². The molecule has 2 saturated heterocycles. The van der Waals surface area contributed by atoms with Crippen molar-refractivity contribution in [3.63, 3.8) is 0 Å². The lowest BCUT2D eigenvalue weighted by molar-refractivity contribution is -0.142. The van der Waals surface area contributed by atoms with Crippen LogP contribution in [-0.2, 0) is 24.8 Å². The summed E-state index contributed by atoms with van der Waals surface area (Å²) >= 11 is 6.40. The Balaban J connectivity index is 1.83. The van der Waals surface area contributed by atoms with Gasteiger partial charge in [-0.15, -0.1) is 0 Å². The first-order valence-corrected chi connectivity index (χ1v) is 7.59. The summed E-state index contributed by atoms with van der Waals surface area (Å²) in [5.41, 5.74) is 1.93. The molecule has 0 aromatic carbocycles. The molecule has 2 aliphatic heterocycles. The number of aryl methyl sites for hydroxylation is 2. The molecule has 3 rings (SSSR count). The Morgan fingerprint density at radius 1 is 1.50 bits per heavy atom. The van der Waals surface area contributed by atoms with Gasteiger partial charge in [0.15, 0.2) is 0 Å². The van der Waals surface area contributed by atoms with E-state index in [9.17, 15) is 9.90 Å². The maximum Gasteiger partial charge on any atom is 0.308 e. The zero-order valence-corrected chi connectivity index (χ0v) is 12.6. The third-order valence-electron chi connectivity index (χ3n) is 4.83. The molecule has 0 amide bonds. The summed E-state index contributed by atoms with van der Waals surface area (Å²) < 4.78 is 1.84. The van der Waals surface area contributed by atoms with Gasteiger partial charge in [-0.25, -0.2) is 0 Å². The van der Waals surface area contributed by atoms with Crippen molar-refractivity contribution in [3.8, 4) is 0 Å². The van der Waals surface area contributed by atoms with Crippen molar-refractivity contribution < 1.29 is 9.90 Å². The lowest BCUT2D eigenvalue weighted by Crippen LogP contribution is -2.33. The number of aromatic nitrogens is 2. The Bertz CT molecular complexity index is 543. The van der Waals surface area contributed by atoms with Crippen LogP contribution < -0.4 is 0 Å². The van der Waals surface area contributed by atoms with Crippen LogP contribution in [-0.4, -0.2) is 37.8 Å². The molecule has 3 unspecified atom stereocenters. The van der Waals surface area contributed by atoms with Crippen LogP contribution in [0.4, 0.5) is 0 Å². The van der Waals surface area contributed by atoms with Gasteiger partial charge in [0.1, 0.15) is 0 Å². The van der Waals surface area contributed by atoms with Crippen molar-refractivity contribution in [2.75, 3.05) is 0 Å². The fraction of sp³-hybridized carbons (Fsp3) is 0.714. The Hall–Kier alpha value is -1.07. The highest BCUT2D eigenvalue weighted by atomic mass is 35.5. The van der Waals surface area contributed by atoms with Crippen molar-refractivity contribution in [3.05, 3.63) is 16.4 Å². The summed E-state index contributed by atoms with van der Waals surface area (Å²) in [5.74, 6) is -0.876. The smallest absolute Gasteiger partial charge is 0.308 e. The number of hydrogen-bond donors (Lipinski definition) is 1. The van der Waals surface area contributed by atoms with Crippen molar-refractivity contribution in [1.29, 1.82) is 0 Å². The average molecular weight is 298 g/mol. The average Bonchev–Trinajstić information content (AvgIpc) is 3.05. The quantitative estimate of drug-likeness (QED) is 0.924. The van der Waals surface area contributed by atoms with Crippen LogP contribution in [0.2, 0.25) is 5.02 Å². The largest absolute Gasteiger partial charge is 0.481 e. The van der Waals surface area contributed by atoms with Crippen LogP contribution in [0.15, 0.2) is 0 Å². The Kier molecular flexibility index (Phi) is 3.50. The minimum absolute atomic E-state index is 0.161. The van der Waals surface area contributed by atoms with E-state index < -0.39 is 5.97 Å². The minimum Gasteiger partial charge on any atom is -0.481 e. The Labute approximate surface area is 123 Å². The third-order valence-corrected chi connectivity index (χ3v) is 5.27. The van der Waals surface area contributed by atoms with Gasteiger partial charge in [0, 0.05) is 25.7 Å². The second kappa shape index (κ2) is 5.04. The summed E-state index contributed by atoms with van der Waals surface area (Å²) in [5, 5.41) is 14.5. The first-order chi connectivity index (χ1) is 9.52. The molecule has 20 heavy (non-hydrogen) atoms. The molecule has 3 heterocycles. The molecule has 0 aliphatic carbocycles. The topological polar surface area (TPSA) is 58.4 Å². The summed E-state index contributed by atoms with van der Waals surface area (Å²) in [6.45, 7) is 2.75. The van der Waals surface area contributed by atoms with Gasteiger partial charge >= 0.3 is 5.97 Å². The number of nitrogens with zero attached hydrogens (tertiary/aromatic N) is 3. The SMILES string of the molecule is CCc1nn(C)c(CN2C3CCC2C(C(=O)O)C3)c1Cl. The number of carbonyl (C=O) groups is 1. The van der Waals surface area contributed by atoms with Crippen LogP contribution in [0.25, 0.3) is 0 Å². The fourth-order valence-electron chi connectivity index (χ4n) is 3.78. The predicted molar refractivity (Wildman–Crippen MR) is 75.7 cm³/mol. The maximum atomic E-state index is 11.3. The molecule has 110 valence electrons. The van der Waals surface area contributed by atoms with Gasteiger partial charge in [-0.2, -0.15) is 5.10 Å². The number of halogens is 1. The molecular weight excluding hydrogens is 278 g/mol. The molecular formula is C14H20ClN3O2. The number of carboxylic acids is 1. The van der Waals surface area contributed by atoms with Gasteiger partial charge in [0.2, 0.25) is 0 Å². The van der Waals surface area contributed by atoms with E-state index >= 15 is 0 Å². The number of rotatable bonds is 4. The van der Waals surface area contributed by atoms with Gasteiger partial charge < -0.3 is 5.11 Å². The second-order valence-electron chi connectivity index (χ2n) is 5.84. The van der Waals surface area contributed by atoms with Gasteiger partial charge in [-0.3, -0.25) is 14.4 Å². The summed E-state index contributed by atoms with van der Waals surface area (Å²) in [4.78, 5) is 13.6. The minimum atomic E-state index is -0.660. The summed E-state index contributed by atoms with van der Waals surface area (Å²) in [6, 6.07) is 0.547. The zero-order valence-electron chi connectivity index (χ0n) is 11.8. The lowest BCUT2D eigenvalue weighted by Gasteiger charge is -2.22. The van der Waals surface area contributed by atoms with E-state index in [0.717, 1.165) is 42.1 Å². The molecule has 3 atom stereocenters. The van der Waals surface area contributed by atoms with E-state index in [-0.39, 0.29) is 12.0 Å². The number of carboxylic acid groups (broad SMARTS) is 1. The third kappa shape index (κ3) is 2.04. The normalized spacial score (nSPS) is 29.2. The molecule has 1 N–H and O–H groups in total. The van der Waals surface area contributed by atoms with Gasteiger partial charge in [-0.05, 0) is 25.7 Å². The van der Waals surface area contributed by atoms with Crippen LogP contribution in [0, 0.1) is 5.92 Å². The molecule has 1 aromatic rings. The van der Waals surface area contributed by atoms with E-state index in [1.165, 1.54) is 0 Å². The van der Waals surface area contributed by atoms with E-state index in [1.807, 2.05) is 18.7 Å². The fourth-order valence-corrected chi connectivity index (χ4v) is 4.13. The monoisotopic (exact) mass is 297 g/mol. The van der Waals surface area contributed by atoms with E-state index in [4.69, 9.17) is 11.6 Å². The van der Waals surface area contributed by atoms with Crippen LogP contribution >= 0.6 is 11.6 Å². The molecule has 2 aliphatic rings. The molecule has 0 saturated carbocycles. The highest BCUT2D eigenvalue weighted by Gasteiger charge is 2.49. The van der Waals surface area contributed by atoms with Crippen LogP contribution in [0.3, 0.4) is 0 Å². The molecule has 0 radical (unpaired) electrons. The first-order valence-electron chi connectivity index (χ1n) is 7.21. The van der Waals surface area contributed by atoms with E-state index in [1.54, 1.807) is 0 Å². The predicted octanol–water partition coefficient (Wildman–Crippen LogP) is 2.07. The van der Waals surface area contributed by atoms with E-state index in [0.29, 0.717) is 12.6 Å². The molecule has 5 nitrogen and oxygen atoms in total. The van der Waals surface area contributed by atoms with Crippen molar-refractivity contribution in [1.82, 2.24) is 14.7 Å². The van der Waals surface area contributed by atoms with Crippen molar-refractivity contribution in [2.24, 2.45) is 13.0 Å². The van der Waals surface area contributed by atoms with Crippen LogP contribution in [0.5, 0.6) is 0 Å².